The van der Waals surface area contributed by atoms with Crippen molar-refractivity contribution >= 4 is 57.3 Å². The number of nitrogens with two attached hydrogens (primary N) is 1. The van der Waals surface area contributed by atoms with Crippen molar-refractivity contribution in [3.05, 3.63) is 35.5 Å². The lowest BCUT2D eigenvalue weighted by molar-refractivity contribution is 0.732. The number of aromatic amines is 2. The van der Waals surface area contributed by atoms with Crippen LogP contribution in [0.1, 0.15) is 5.69 Å². The molecule has 10 heteroatoms. The van der Waals surface area contributed by atoms with Crippen LogP contribution < -0.4 is 10.6 Å². The maximum absolute atomic E-state index is 6.62. The van der Waals surface area contributed by atoms with E-state index in [9.17, 15) is 0 Å². The van der Waals surface area contributed by atoms with Gasteiger partial charge in [-0.3, -0.25) is 5.10 Å². The third-order valence-electron chi connectivity index (χ3n) is 5.85. The van der Waals surface area contributed by atoms with Gasteiger partial charge in [0.25, 0.3) is 0 Å². The fourth-order valence-corrected chi connectivity index (χ4v) is 5.27. The van der Waals surface area contributed by atoms with E-state index in [-0.39, 0.29) is 0 Å². The Labute approximate surface area is 174 Å². The van der Waals surface area contributed by atoms with Crippen LogP contribution in [0.5, 0.6) is 0 Å². The first kappa shape index (κ1) is 17.3. The lowest BCUT2D eigenvalue weighted by atomic mass is 10.3. The molecule has 4 heterocycles. The molecule has 29 heavy (non-hydrogen) atoms. The van der Waals surface area contributed by atoms with Crippen LogP contribution in [-0.4, -0.2) is 49.5 Å². The number of hydrogen-bond donors (Lipinski definition) is 3. The monoisotopic (exact) mass is 424 g/mol. The first-order valence-electron chi connectivity index (χ1n) is 9.33. The Bertz CT molecular complexity index is 1270. The molecule has 4 N–H and O–H groups in total. The number of rotatable bonds is 4. The molecule has 2 unspecified atom stereocenters. The minimum Gasteiger partial charge on any atom is -0.355 e. The van der Waals surface area contributed by atoms with Crippen molar-refractivity contribution < 1.29 is 0 Å². The Hall–Kier alpha value is -2.62. The Morgan fingerprint density at radius 2 is 2.10 bits per heavy atom. The molecule has 1 aromatic carbocycles. The third-order valence-corrected chi connectivity index (χ3v) is 7.10. The van der Waals surface area contributed by atoms with Gasteiger partial charge in [0.05, 0.1) is 21.6 Å². The highest BCUT2D eigenvalue weighted by molar-refractivity contribution is 7.99. The zero-order valence-electron chi connectivity index (χ0n) is 15.3. The highest BCUT2D eigenvalue weighted by atomic mass is 35.5. The van der Waals surface area contributed by atoms with Crippen LogP contribution in [0, 0.1) is 11.8 Å². The molecule has 0 spiro atoms. The Balaban J connectivity index is 1.44. The molecule has 3 aromatic heterocycles. The summed E-state index contributed by atoms with van der Waals surface area (Å²) < 4.78 is 0. The summed E-state index contributed by atoms with van der Waals surface area (Å²) in [7, 11) is 0. The zero-order valence-corrected chi connectivity index (χ0v) is 16.8. The number of H-pyrrole nitrogens is 2. The topological polar surface area (TPSA) is 112 Å². The van der Waals surface area contributed by atoms with Crippen molar-refractivity contribution in [2.75, 3.05) is 18.0 Å². The highest BCUT2D eigenvalue weighted by Gasteiger charge is 2.54. The molecule has 4 aromatic rings. The second-order valence-corrected chi connectivity index (χ2v) is 8.93. The van der Waals surface area contributed by atoms with Gasteiger partial charge in [-0.25, -0.2) is 9.97 Å². The third kappa shape index (κ3) is 2.65. The molecular formula is C19H17ClN8S. The normalized spacial score (nSPS) is 23.1. The molecule has 2 atom stereocenters. The molecule has 1 saturated carbocycles. The van der Waals surface area contributed by atoms with Gasteiger partial charge in [-0.05, 0) is 47.9 Å². The van der Waals surface area contributed by atoms with Crippen LogP contribution in [0.15, 0.2) is 34.8 Å². The summed E-state index contributed by atoms with van der Waals surface area (Å²) in [5.41, 5.74) is 9.29. The SMILES string of the molecule is C=Cc1[nH]c2nc(Sc3ccc4[nH]nnc4c3)nc(N3CC4C(N)C4C3)c2c1Cl. The standard InChI is InChI=1S/C19H17ClN8S/c1-2-11-15(20)14-17(22-11)23-19(24-18(14)28-6-9-10(7-28)16(9)21)29-8-3-4-12-13(5-8)26-27-25-12/h2-5,9-10,16H,1,6-7,21H2,(H,22,23,24)(H,25,26,27). The average molecular weight is 425 g/mol. The van der Waals surface area contributed by atoms with Crippen LogP contribution in [0.4, 0.5) is 5.82 Å². The number of hydrogen-bond acceptors (Lipinski definition) is 7. The minimum atomic E-state index is 0.317. The summed E-state index contributed by atoms with van der Waals surface area (Å²) in [6, 6.07) is 6.24. The van der Waals surface area contributed by atoms with Gasteiger partial charge in [0, 0.05) is 24.0 Å². The number of fused-ring (bicyclic) bond motifs is 3. The Morgan fingerprint density at radius 3 is 2.90 bits per heavy atom. The molecule has 1 saturated heterocycles. The molecule has 1 aliphatic carbocycles. The van der Waals surface area contributed by atoms with Gasteiger partial charge in [-0.15, -0.1) is 5.10 Å². The molecule has 0 radical (unpaired) electrons. The van der Waals surface area contributed by atoms with Crippen molar-refractivity contribution in [3.8, 4) is 0 Å². The molecule has 1 aliphatic heterocycles. The lowest BCUT2D eigenvalue weighted by Crippen LogP contribution is -2.29. The molecular weight excluding hydrogens is 408 g/mol. The minimum absolute atomic E-state index is 0.317. The molecule has 146 valence electrons. The van der Waals surface area contributed by atoms with Crippen molar-refractivity contribution in [3.63, 3.8) is 0 Å². The van der Waals surface area contributed by atoms with E-state index in [0.717, 1.165) is 45.9 Å². The van der Waals surface area contributed by atoms with E-state index >= 15 is 0 Å². The summed E-state index contributed by atoms with van der Waals surface area (Å²) in [4.78, 5) is 16.1. The molecule has 0 amide bonds. The van der Waals surface area contributed by atoms with Gasteiger partial charge in [0.1, 0.15) is 17.0 Å². The molecule has 2 aliphatic rings. The molecule has 0 bridgehead atoms. The molecule has 8 nitrogen and oxygen atoms in total. The number of nitrogens with zero attached hydrogens (tertiary/aromatic N) is 5. The number of halogens is 1. The largest absolute Gasteiger partial charge is 0.355 e. The molecule has 2 fully saturated rings. The van der Waals surface area contributed by atoms with Crippen LogP contribution in [-0.2, 0) is 0 Å². The first-order chi connectivity index (χ1) is 14.1. The summed E-state index contributed by atoms with van der Waals surface area (Å²) in [6.07, 6.45) is 1.70. The van der Waals surface area contributed by atoms with Crippen molar-refractivity contribution in [1.82, 2.24) is 30.4 Å². The Kier molecular flexibility index (Phi) is 3.68. The number of anilines is 1. The van der Waals surface area contributed by atoms with Crippen LogP contribution >= 0.6 is 23.4 Å². The van der Waals surface area contributed by atoms with Crippen molar-refractivity contribution in [2.45, 2.75) is 16.1 Å². The lowest BCUT2D eigenvalue weighted by Gasteiger charge is -2.21. The second kappa shape index (κ2) is 6.19. The van der Waals surface area contributed by atoms with Crippen molar-refractivity contribution in [1.29, 1.82) is 0 Å². The van der Waals surface area contributed by atoms with E-state index in [0.29, 0.717) is 33.7 Å². The summed E-state index contributed by atoms with van der Waals surface area (Å²) >= 11 is 8.11. The van der Waals surface area contributed by atoms with Gasteiger partial charge in [0.2, 0.25) is 0 Å². The number of piperidine rings is 1. The van der Waals surface area contributed by atoms with Gasteiger partial charge < -0.3 is 15.6 Å². The van der Waals surface area contributed by atoms with Gasteiger partial charge in [-0.2, -0.15) is 0 Å². The zero-order chi connectivity index (χ0) is 19.7. The molecule has 6 rings (SSSR count). The number of nitrogens with one attached hydrogen (secondary N) is 2. The highest BCUT2D eigenvalue weighted by Crippen LogP contribution is 2.47. The fraction of sp³-hybridized carbons (Fsp3) is 0.263. The average Bonchev–Trinajstić information content (AvgIpc) is 3.19. The van der Waals surface area contributed by atoms with E-state index in [1.807, 2.05) is 18.2 Å². The van der Waals surface area contributed by atoms with E-state index in [1.165, 1.54) is 11.8 Å². The summed E-state index contributed by atoms with van der Waals surface area (Å²) in [5, 5.41) is 12.9. The predicted octanol–water partition coefficient (Wildman–Crippen LogP) is 3.07. The van der Waals surface area contributed by atoms with Gasteiger partial charge in [0.15, 0.2) is 5.16 Å². The maximum atomic E-state index is 6.62. The fourth-order valence-electron chi connectivity index (χ4n) is 4.19. The van der Waals surface area contributed by atoms with Crippen molar-refractivity contribution in [2.24, 2.45) is 17.6 Å². The smallest absolute Gasteiger partial charge is 0.196 e. The maximum Gasteiger partial charge on any atom is 0.196 e. The van der Waals surface area contributed by atoms with Crippen LogP contribution in [0.3, 0.4) is 0 Å². The second-order valence-electron chi connectivity index (χ2n) is 7.51. The van der Waals surface area contributed by atoms with Gasteiger partial charge in [-0.1, -0.05) is 23.4 Å². The first-order valence-corrected chi connectivity index (χ1v) is 10.5. The number of aromatic nitrogens is 6. The van der Waals surface area contributed by atoms with E-state index in [2.05, 4.69) is 31.9 Å². The summed E-state index contributed by atoms with van der Waals surface area (Å²) in [6.45, 7) is 5.64. The summed E-state index contributed by atoms with van der Waals surface area (Å²) in [5.74, 6) is 1.94. The van der Waals surface area contributed by atoms with Crippen LogP contribution in [0.2, 0.25) is 5.02 Å². The van der Waals surface area contributed by atoms with E-state index in [4.69, 9.17) is 27.3 Å². The van der Waals surface area contributed by atoms with Gasteiger partial charge >= 0.3 is 0 Å². The predicted molar refractivity (Wildman–Crippen MR) is 114 cm³/mol. The van der Waals surface area contributed by atoms with E-state index < -0.39 is 0 Å². The van der Waals surface area contributed by atoms with E-state index in [1.54, 1.807) is 6.08 Å². The quantitative estimate of drug-likeness (QED) is 0.431. The Morgan fingerprint density at radius 1 is 1.28 bits per heavy atom. The van der Waals surface area contributed by atoms with Crippen LogP contribution in [0.25, 0.3) is 28.1 Å². The number of benzene rings is 1.